The quantitative estimate of drug-likeness (QED) is 0.897. The molecule has 0 spiro atoms. The average molecular weight is 250 g/mol. The van der Waals surface area contributed by atoms with Crippen LogP contribution in [0.3, 0.4) is 0 Å². The van der Waals surface area contributed by atoms with E-state index in [2.05, 4.69) is 12.1 Å². The monoisotopic (exact) mass is 250 g/mol. The molecule has 1 heterocycles. The van der Waals surface area contributed by atoms with E-state index >= 15 is 0 Å². The van der Waals surface area contributed by atoms with Crippen molar-refractivity contribution in [2.75, 3.05) is 0 Å². The molecule has 0 amide bonds. The van der Waals surface area contributed by atoms with Gasteiger partial charge >= 0.3 is 0 Å². The molecule has 0 saturated carbocycles. The van der Waals surface area contributed by atoms with Gasteiger partial charge in [0.05, 0.1) is 5.60 Å². The van der Waals surface area contributed by atoms with Gasteiger partial charge in [0.1, 0.15) is 5.60 Å². The lowest BCUT2D eigenvalue weighted by Gasteiger charge is -2.36. The lowest BCUT2D eigenvalue weighted by molar-refractivity contribution is -0.0889. The summed E-state index contributed by atoms with van der Waals surface area (Å²) in [4.78, 5) is 0. The van der Waals surface area contributed by atoms with E-state index in [1.807, 2.05) is 32.0 Å². The van der Waals surface area contributed by atoms with E-state index in [9.17, 15) is 5.11 Å². The highest BCUT2D eigenvalue weighted by atomic mass is 32.1. The Bertz CT molecular complexity index is 487. The number of ether oxygens (including phenoxy) is 1. The minimum absolute atomic E-state index is 0.617. The molecule has 0 aliphatic carbocycles. The highest BCUT2D eigenvalue weighted by Gasteiger charge is 2.37. The van der Waals surface area contributed by atoms with E-state index in [4.69, 9.17) is 4.74 Å². The Hall–Kier alpha value is -1.06. The van der Waals surface area contributed by atoms with Crippen LogP contribution in [0.2, 0.25) is 0 Å². The zero-order chi connectivity index (χ0) is 12.7. The highest BCUT2D eigenvalue weighted by Crippen LogP contribution is 2.36. The van der Waals surface area contributed by atoms with E-state index in [0.717, 1.165) is 5.06 Å². The van der Waals surface area contributed by atoms with Gasteiger partial charge in [-0.25, -0.2) is 0 Å². The molecule has 0 bridgehead atoms. The van der Waals surface area contributed by atoms with Crippen molar-refractivity contribution in [3.8, 4) is 5.06 Å². The van der Waals surface area contributed by atoms with Crippen LogP contribution in [-0.4, -0.2) is 16.3 Å². The van der Waals surface area contributed by atoms with Crippen LogP contribution in [0.1, 0.15) is 27.7 Å². The molecule has 92 valence electrons. The van der Waals surface area contributed by atoms with E-state index in [-0.39, 0.29) is 0 Å². The van der Waals surface area contributed by atoms with Gasteiger partial charge < -0.3 is 9.84 Å². The second-order valence-corrected chi connectivity index (χ2v) is 6.32. The van der Waals surface area contributed by atoms with Gasteiger partial charge in [0.15, 0.2) is 5.06 Å². The number of hydrogen-bond acceptors (Lipinski definition) is 3. The van der Waals surface area contributed by atoms with Crippen molar-refractivity contribution in [3.63, 3.8) is 0 Å². The molecule has 2 rings (SSSR count). The van der Waals surface area contributed by atoms with Gasteiger partial charge in [-0.1, -0.05) is 29.5 Å². The molecular formula is C14H18O2S. The molecule has 0 radical (unpaired) electrons. The molecule has 3 heteroatoms. The van der Waals surface area contributed by atoms with Crippen LogP contribution in [0.25, 0.3) is 10.1 Å². The standard InChI is InChI=1S/C14H18O2S/c1-13(2,15)14(3,4)16-12-9-10-7-5-6-8-11(10)17-12/h5-9,15H,1-4H3. The molecule has 1 aromatic carbocycles. The van der Waals surface area contributed by atoms with E-state index in [1.54, 1.807) is 25.2 Å². The summed E-state index contributed by atoms with van der Waals surface area (Å²) in [6.45, 7) is 7.33. The van der Waals surface area contributed by atoms with Gasteiger partial charge in [-0.15, -0.1) is 0 Å². The van der Waals surface area contributed by atoms with Gasteiger partial charge in [0.2, 0.25) is 0 Å². The molecule has 2 nitrogen and oxygen atoms in total. The first kappa shape index (κ1) is 12.4. The predicted octanol–water partition coefficient (Wildman–Crippen LogP) is 3.83. The lowest BCUT2D eigenvalue weighted by Crippen LogP contribution is -2.49. The lowest BCUT2D eigenvalue weighted by atomic mass is 9.89. The summed E-state index contributed by atoms with van der Waals surface area (Å²) in [6.07, 6.45) is 0. The van der Waals surface area contributed by atoms with Gasteiger partial charge in [-0.2, -0.15) is 0 Å². The molecular weight excluding hydrogens is 232 g/mol. The molecule has 0 aliphatic heterocycles. The van der Waals surface area contributed by atoms with E-state index in [0.29, 0.717) is 0 Å². The summed E-state index contributed by atoms with van der Waals surface area (Å²) in [5.74, 6) is 0. The molecule has 0 unspecified atom stereocenters. The second-order valence-electron chi connectivity index (χ2n) is 5.27. The van der Waals surface area contributed by atoms with Crippen molar-refractivity contribution in [3.05, 3.63) is 30.3 Å². The third-order valence-corrected chi connectivity index (χ3v) is 4.23. The summed E-state index contributed by atoms with van der Waals surface area (Å²) in [7, 11) is 0. The van der Waals surface area contributed by atoms with Gasteiger partial charge in [-0.3, -0.25) is 0 Å². The highest BCUT2D eigenvalue weighted by molar-refractivity contribution is 7.20. The Kier molecular flexibility index (Phi) is 2.92. The maximum atomic E-state index is 10.1. The zero-order valence-corrected chi connectivity index (χ0v) is 11.5. The molecule has 0 aliphatic rings. The predicted molar refractivity (Wildman–Crippen MR) is 72.8 cm³/mol. The number of thiophene rings is 1. The topological polar surface area (TPSA) is 29.5 Å². The number of hydrogen-bond donors (Lipinski definition) is 1. The molecule has 2 aromatic rings. The third-order valence-electron chi connectivity index (χ3n) is 3.23. The van der Waals surface area contributed by atoms with Crippen LogP contribution in [0.5, 0.6) is 5.06 Å². The SMILES string of the molecule is CC(C)(O)C(C)(C)Oc1cc2ccccc2s1. The van der Waals surface area contributed by atoms with Crippen molar-refractivity contribution in [2.24, 2.45) is 0 Å². The van der Waals surface area contributed by atoms with Crippen molar-refractivity contribution in [1.29, 1.82) is 0 Å². The van der Waals surface area contributed by atoms with Crippen molar-refractivity contribution in [1.82, 2.24) is 0 Å². The summed E-state index contributed by atoms with van der Waals surface area (Å²) in [6, 6.07) is 10.2. The van der Waals surface area contributed by atoms with Crippen LogP contribution < -0.4 is 4.74 Å². The Morgan fingerprint density at radius 3 is 2.35 bits per heavy atom. The Morgan fingerprint density at radius 1 is 1.12 bits per heavy atom. The maximum absolute atomic E-state index is 10.1. The zero-order valence-electron chi connectivity index (χ0n) is 10.7. The Morgan fingerprint density at radius 2 is 1.76 bits per heavy atom. The fourth-order valence-corrected chi connectivity index (χ4v) is 2.43. The van der Waals surface area contributed by atoms with Crippen molar-refractivity contribution >= 4 is 21.4 Å². The van der Waals surface area contributed by atoms with Gasteiger partial charge in [0.25, 0.3) is 0 Å². The second kappa shape index (κ2) is 4.00. The maximum Gasteiger partial charge on any atom is 0.175 e. The summed E-state index contributed by atoms with van der Waals surface area (Å²) >= 11 is 1.61. The Balaban J connectivity index is 2.30. The minimum atomic E-state index is -0.886. The molecule has 0 saturated heterocycles. The van der Waals surface area contributed by atoms with E-state index < -0.39 is 11.2 Å². The first-order valence-corrected chi connectivity index (χ1v) is 6.51. The molecule has 1 aromatic heterocycles. The summed E-state index contributed by atoms with van der Waals surface area (Å²) in [5.41, 5.74) is -1.50. The first-order valence-electron chi connectivity index (χ1n) is 5.69. The Labute approximate surface area is 106 Å². The summed E-state index contributed by atoms with van der Waals surface area (Å²) in [5, 5.41) is 12.1. The fraction of sp³-hybridized carbons (Fsp3) is 0.429. The van der Waals surface area contributed by atoms with Crippen molar-refractivity contribution in [2.45, 2.75) is 38.9 Å². The van der Waals surface area contributed by atoms with Crippen LogP contribution in [0, 0.1) is 0 Å². The smallest absolute Gasteiger partial charge is 0.175 e. The van der Waals surface area contributed by atoms with Crippen LogP contribution >= 0.6 is 11.3 Å². The summed E-state index contributed by atoms with van der Waals surface area (Å²) < 4.78 is 7.12. The normalized spacial score (nSPS) is 13.0. The van der Waals surface area contributed by atoms with Gasteiger partial charge in [0, 0.05) is 4.70 Å². The molecule has 0 fully saturated rings. The van der Waals surface area contributed by atoms with Crippen molar-refractivity contribution < 1.29 is 9.84 Å². The molecule has 17 heavy (non-hydrogen) atoms. The number of rotatable bonds is 3. The van der Waals surface area contributed by atoms with Crippen LogP contribution in [0.15, 0.2) is 30.3 Å². The fourth-order valence-electron chi connectivity index (χ4n) is 1.38. The average Bonchev–Trinajstić information content (AvgIpc) is 2.56. The third kappa shape index (κ3) is 2.45. The molecule has 1 N–H and O–H groups in total. The first-order chi connectivity index (χ1) is 7.79. The van der Waals surface area contributed by atoms with Gasteiger partial charge in [-0.05, 0) is 45.2 Å². The number of aliphatic hydroxyl groups is 1. The van der Waals surface area contributed by atoms with Crippen LogP contribution in [-0.2, 0) is 0 Å². The number of benzene rings is 1. The minimum Gasteiger partial charge on any atom is -0.475 e. The van der Waals surface area contributed by atoms with E-state index in [1.165, 1.54) is 10.1 Å². The van der Waals surface area contributed by atoms with Crippen LogP contribution in [0.4, 0.5) is 0 Å². The number of fused-ring (bicyclic) bond motifs is 1. The molecule has 0 atom stereocenters. The largest absolute Gasteiger partial charge is 0.475 e.